The maximum Gasteiger partial charge on any atom is 0.321 e. The van der Waals surface area contributed by atoms with Gasteiger partial charge in [-0.3, -0.25) is 4.79 Å². The molecule has 3 aromatic rings. The maximum absolute atomic E-state index is 9.76. The average molecular weight is 396 g/mol. The molecule has 0 bridgehead atoms. The van der Waals surface area contributed by atoms with Crippen LogP contribution in [0.25, 0.3) is 22.1 Å². The van der Waals surface area contributed by atoms with E-state index in [0.29, 0.717) is 16.9 Å². The first-order chi connectivity index (χ1) is 11.8. The number of halogens is 1. The van der Waals surface area contributed by atoms with Gasteiger partial charge in [0.05, 0.1) is 27.9 Å². The molecule has 0 saturated heterocycles. The Hall–Kier alpha value is -2.29. The van der Waals surface area contributed by atoms with Crippen molar-refractivity contribution in [3.63, 3.8) is 0 Å². The van der Waals surface area contributed by atoms with Crippen molar-refractivity contribution >= 4 is 64.4 Å². The monoisotopic (exact) mass is 395 g/mol. The molecule has 0 fully saturated rings. The normalized spacial score (nSPS) is 11.4. The van der Waals surface area contributed by atoms with Gasteiger partial charge in [0.2, 0.25) is 0 Å². The van der Waals surface area contributed by atoms with E-state index in [1.54, 1.807) is 0 Å². The lowest BCUT2D eigenvalue weighted by Crippen LogP contribution is -2.31. The van der Waals surface area contributed by atoms with Crippen molar-refractivity contribution in [1.82, 2.24) is 9.97 Å². The van der Waals surface area contributed by atoms with Crippen molar-refractivity contribution in [1.29, 1.82) is 0 Å². The standard InChI is InChI=1S/C14H14N4.C3H7NO2S.ClH/c1-7-8(2)13-14(12(16)11(7)15)18-10-6-4-3-5-9(10)17-13;4-2(1-7)3(5)6;/h3-6H,15-16H2,1-2H3;2,7H,1,4H2,(H,5,6);1H. The van der Waals surface area contributed by atoms with Crippen LogP contribution in [0.15, 0.2) is 24.3 Å². The molecule has 0 aliphatic heterocycles. The van der Waals surface area contributed by atoms with E-state index in [9.17, 15) is 4.79 Å². The molecule has 0 radical (unpaired) electrons. The van der Waals surface area contributed by atoms with E-state index in [4.69, 9.17) is 22.3 Å². The molecule has 2 aromatic carbocycles. The third-order valence-corrected chi connectivity index (χ3v) is 4.34. The molecule has 1 heterocycles. The van der Waals surface area contributed by atoms with E-state index in [1.165, 1.54) is 0 Å². The zero-order chi connectivity index (χ0) is 18.7. The van der Waals surface area contributed by atoms with Crippen LogP contribution in [0, 0.1) is 13.8 Å². The highest BCUT2D eigenvalue weighted by Gasteiger charge is 2.13. The number of aliphatic carboxylic acids is 1. The Morgan fingerprint density at radius 3 is 2.00 bits per heavy atom. The highest BCUT2D eigenvalue weighted by Crippen LogP contribution is 2.32. The van der Waals surface area contributed by atoms with Crippen LogP contribution >= 0.6 is 25.0 Å². The molecule has 7 N–H and O–H groups in total. The lowest BCUT2D eigenvalue weighted by molar-refractivity contribution is -0.137. The Bertz CT molecular complexity index is 885. The van der Waals surface area contributed by atoms with Crippen LogP contribution < -0.4 is 17.2 Å². The number of carboxylic acid groups (broad SMARTS) is 1. The molecule has 0 aliphatic carbocycles. The smallest absolute Gasteiger partial charge is 0.321 e. The van der Waals surface area contributed by atoms with Crippen LogP contribution in [0.5, 0.6) is 0 Å². The molecule has 26 heavy (non-hydrogen) atoms. The SMILES string of the molecule is Cc1c(N)c(N)c2nc3ccccc3nc2c1C.Cl.NC(CS)C(=O)O. The summed E-state index contributed by atoms with van der Waals surface area (Å²) in [5.74, 6) is -0.815. The number of anilines is 2. The number of aromatic nitrogens is 2. The van der Waals surface area contributed by atoms with Crippen LogP contribution in [-0.4, -0.2) is 32.8 Å². The molecule has 9 heteroatoms. The Kier molecular flexibility index (Phi) is 7.43. The number of para-hydroxylation sites is 2. The summed E-state index contributed by atoms with van der Waals surface area (Å²) in [6.07, 6.45) is 0. The van der Waals surface area contributed by atoms with E-state index < -0.39 is 12.0 Å². The van der Waals surface area contributed by atoms with Gasteiger partial charge in [0.25, 0.3) is 0 Å². The molecule has 0 saturated carbocycles. The molecule has 3 rings (SSSR count). The predicted molar refractivity (Wildman–Crippen MR) is 112 cm³/mol. The molecule has 1 atom stereocenters. The molecule has 140 valence electrons. The van der Waals surface area contributed by atoms with Crippen LogP contribution in [0.3, 0.4) is 0 Å². The third kappa shape index (κ3) is 4.27. The van der Waals surface area contributed by atoms with Gasteiger partial charge in [-0.15, -0.1) is 12.4 Å². The van der Waals surface area contributed by atoms with Crippen molar-refractivity contribution in [2.24, 2.45) is 5.73 Å². The van der Waals surface area contributed by atoms with E-state index in [-0.39, 0.29) is 18.2 Å². The minimum atomic E-state index is -1.00. The first kappa shape index (κ1) is 21.8. The van der Waals surface area contributed by atoms with Crippen LogP contribution in [-0.2, 0) is 4.79 Å². The number of hydrogen-bond donors (Lipinski definition) is 5. The number of rotatable bonds is 2. The topological polar surface area (TPSA) is 141 Å². The van der Waals surface area contributed by atoms with Crippen molar-refractivity contribution < 1.29 is 9.90 Å². The Labute approximate surface area is 162 Å². The number of benzene rings is 2. The largest absolute Gasteiger partial charge is 0.480 e. The number of carbonyl (C=O) groups is 1. The van der Waals surface area contributed by atoms with Gasteiger partial charge in [-0.05, 0) is 37.1 Å². The van der Waals surface area contributed by atoms with Gasteiger partial charge in [-0.25, -0.2) is 9.97 Å². The summed E-state index contributed by atoms with van der Waals surface area (Å²) >= 11 is 3.65. The number of thiol groups is 1. The molecular formula is C17H22ClN5O2S. The fourth-order valence-electron chi connectivity index (χ4n) is 2.24. The van der Waals surface area contributed by atoms with E-state index in [0.717, 1.165) is 27.7 Å². The number of nitrogens with zero attached hydrogens (tertiary/aromatic N) is 2. The second-order valence-corrected chi connectivity index (χ2v) is 5.98. The number of aryl methyl sites for hydroxylation is 1. The summed E-state index contributed by atoms with van der Waals surface area (Å²) in [5, 5.41) is 8.01. The molecule has 7 nitrogen and oxygen atoms in total. The van der Waals surface area contributed by atoms with Crippen molar-refractivity contribution in [2.75, 3.05) is 17.2 Å². The van der Waals surface area contributed by atoms with Crippen molar-refractivity contribution in [3.05, 3.63) is 35.4 Å². The van der Waals surface area contributed by atoms with E-state index in [1.807, 2.05) is 38.1 Å². The lowest BCUT2D eigenvalue weighted by Gasteiger charge is -2.12. The minimum absolute atomic E-state index is 0. The van der Waals surface area contributed by atoms with Crippen LogP contribution in [0.4, 0.5) is 11.4 Å². The Morgan fingerprint density at radius 1 is 1.08 bits per heavy atom. The summed E-state index contributed by atoms with van der Waals surface area (Å²) in [5.41, 5.74) is 23.4. The molecule has 1 unspecified atom stereocenters. The maximum atomic E-state index is 9.76. The zero-order valence-corrected chi connectivity index (χ0v) is 16.1. The summed E-state index contributed by atoms with van der Waals surface area (Å²) < 4.78 is 0. The third-order valence-electron chi connectivity index (χ3n) is 3.95. The molecule has 0 amide bonds. The minimum Gasteiger partial charge on any atom is -0.480 e. The van der Waals surface area contributed by atoms with Gasteiger partial charge in [0.15, 0.2) is 0 Å². The highest BCUT2D eigenvalue weighted by atomic mass is 35.5. The van der Waals surface area contributed by atoms with Gasteiger partial charge in [-0.1, -0.05) is 12.1 Å². The van der Waals surface area contributed by atoms with E-state index in [2.05, 4.69) is 22.6 Å². The van der Waals surface area contributed by atoms with Crippen molar-refractivity contribution in [3.8, 4) is 0 Å². The molecule has 0 aliphatic rings. The van der Waals surface area contributed by atoms with Crippen LogP contribution in [0.1, 0.15) is 11.1 Å². The highest BCUT2D eigenvalue weighted by molar-refractivity contribution is 7.80. The average Bonchev–Trinajstić information content (AvgIpc) is 2.63. The van der Waals surface area contributed by atoms with Gasteiger partial charge < -0.3 is 22.3 Å². The number of fused-ring (bicyclic) bond motifs is 2. The number of hydrogen-bond acceptors (Lipinski definition) is 7. The fraction of sp³-hybridized carbons (Fsp3) is 0.235. The number of nitrogen functional groups attached to an aromatic ring is 2. The van der Waals surface area contributed by atoms with E-state index >= 15 is 0 Å². The van der Waals surface area contributed by atoms with Crippen molar-refractivity contribution in [2.45, 2.75) is 19.9 Å². The summed E-state index contributed by atoms with van der Waals surface area (Å²) in [6.45, 7) is 3.95. The molecule has 0 spiro atoms. The van der Waals surface area contributed by atoms with Gasteiger partial charge in [0, 0.05) is 5.75 Å². The van der Waals surface area contributed by atoms with Crippen LogP contribution in [0.2, 0.25) is 0 Å². The second-order valence-electron chi connectivity index (χ2n) is 5.61. The number of nitrogens with two attached hydrogens (primary N) is 3. The quantitative estimate of drug-likeness (QED) is 0.254. The first-order valence-electron chi connectivity index (χ1n) is 7.57. The van der Waals surface area contributed by atoms with Gasteiger partial charge >= 0.3 is 5.97 Å². The summed E-state index contributed by atoms with van der Waals surface area (Å²) in [7, 11) is 0. The zero-order valence-electron chi connectivity index (χ0n) is 14.4. The first-order valence-corrected chi connectivity index (χ1v) is 8.21. The fourth-order valence-corrected chi connectivity index (χ4v) is 2.39. The Morgan fingerprint density at radius 2 is 1.58 bits per heavy atom. The molecular weight excluding hydrogens is 374 g/mol. The van der Waals surface area contributed by atoms with Gasteiger partial charge in [-0.2, -0.15) is 12.6 Å². The molecule has 1 aromatic heterocycles. The Balaban J connectivity index is 0.000000366. The lowest BCUT2D eigenvalue weighted by atomic mass is 10.0. The predicted octanol–water partition coefficient (Wildman–Crippen LogP) is 2.31. The summed E-state index contributed by atoms with van der Waals surface area (Å²) in [4.78, 5) is 19.0. The number of carboxylic acids is 1. The second kappa shape index (κ2) is 8.88. The van der Waals surface area contributed by atoms with Gasteiger partial charge in [0.1, 0.15) is 11.6 Å². The summed E-state index contributed by atoms with van der Waals surface area (Å²) in [6, 6.07) is 6.94.